The summed E-state index contributed by atoms with van der Waals surface area (Å²) in [5, 5.41) is 12.7. The number of anilines is 1. The lowest BCUT2D eigenvalue weighted by Gasteiger charge is -2.19. The van der Waals surface area contributed by atoms with Crippen LogP contribution in [-0.4, -0.2) is 23.6 Å². The van der Waals surface area contributed by atoms with E-state index in [1.165, 1.54) is 16.7 Å². The second-order valence-corrected chi connectivity index (χ2v) is 10.3. The summed E-state index contributed by atoms with van der Waals surface area (Å²) in [6, 6.07) is 27.1. The molecule has 1 heterocycles. The predicted molar refractivity (Wildman–Crippen MR) is 144 cm³/mol. The van der Waals surface area contributed by atoms with Crippen LogP contribution in [0.4, 0.5) is 5.69 Å². The van der Waals surface area contributed by atoms with E-state index in [-0.39, 0.29) is 11.5 Å². The Bertz CT molecular complexity index is 1300. The quantitative estimate of drug-likeness (QED) is 0.312. The number of aryl methyl sites for hydroxylation is 1. The van der Waals surface area contributed by atoms with E-state index in [2.05, 4.69) is 27.3 Å². The molecule has 35 heavy (non-hydrogen) atoms. The molecule has 0 spiro atoms. The van der Waals surface area contributed by atoms with Crippen molar-refractivity contribution in [1.29, 1.82) is 5.26 Å². The highest BCUT2D eigenvalue weighted by Crippen LogP contribution is 2.42. The first kappa shape index (κ1) is 24.8. The van der Waals surface area contributed by atoms with Gasteiger partial charge < -0.3 is 5.32 Å². The fourth-order valence-corrected chi connectivity index (χ4v) is 5.46. The first-order valence-corrected chi connectivity index (χ1v) is 12.9. The van der Waals surface area contributed by atoms with Crippen LogP contribution in [-0.2, 0) is 22.4 Å². The van der Waals surface area contributed by atoms with Crippen LogP contribution in [0.1, 0.15) is 16.7 Å². The van der Waals surface area contributed by atoms with Crippen LogP contribution in [0.2, 0.25) is 0 Å². The minimum Gasteiger partial charge on any atom is -0.351 e. The lowest BCUT2D eigenvalue weighted by atomic mass is 10.0. The average molecular weight is 546 g/mol. The standard InChI is InChI=1S/C28H24BrN3O2S/c1-19-7-5-6-10-21(19)17-25-27(34)32(23-13-11-22(29)12-14-23)28(35-25)24(18-30)26(33)31-16-15-20-8-3-2-4-9-20/h2-14,25H,15-17H2,1H3,(H,31,33)/b28-24-. The molecule has 0 bridgehead atoms. The Morgan fingerprint density at radius 2 is 1.74 bits per heavy atom. The van der Waals surface area contributed by atoms with Gasteiger partial charge in [0.25, 0.3) is 5.91 Å². The van der Waals surface area contributed by atoms with Crippen LogP contribution in [0.3, 0.4) is 0 Å². The number of halogens is 1. The summed E-state index contributed by atoms with van der Waals surface area (Å²) in [5.41, 5.74) is 3.84. The number of nitrogens with zero attached hydrogens (tertiary/aromatic N) is 2. The topological polar surface area (TPSA) is 73.2 Å². The Hall–Kier alpha value is -3.34. The van der Waals surface area contributed by atoms with Crippen LogP contribution in [0.15, 0.2) is 93.9 Å². The molecule has 5 nitrogen and oxygen atoms in total. The third-order valence-corrected chi connectivity index (χ3v) is 7.59. The average Bonchev–Trinajstić information content (AvgIpc) is 3.17. The molecule has 3 aromatic rings. The molecule has 1 fully saturated rings. The fourth-order valence-electron chi connectivity index (χ4n) is 3.90. The van der Waals surface area contributed by atoms with Crippen molar-refractivity contribution in [1.82, 2.24) is 5.32 Å². The number of benzene rings is 3. The number of carbonyl (C=O) groups excluding carboxylic acids is 2. The molecule has 1 aliphatic rings. The molecular formula is C28H24BrN3O2S. The van der Waals surface area contributed by atoms with Crippen molar-refractivity contribution in [2.45, 2.75) is 25.0 Å². The van der Waals surface area contributed by atoms with Crippen LogP contribution >= 0.6 is 27.7 Å². The largest absolute Gasteiger partial charge is 0.351 e. The number of hydrogen-bond donors (Lipinski definition) is 1. The summed E-state index contributed by atoms with van der Waals surface area (Å²) in [6.45, 7) is 2.41. The maximum Gasteiger partial charge on any atom is 0.264 e. The van der Waals surface area contributed by atoms with E-state index in [9.17, 15) is 14.9 Å². The zero-order chi connectivity index (χ0) is 24.8. The number of nitriles is 1. The summed E-state index contributed by atoms with van der Waals surface area (Å²) in [4.78, 5) is 28.1. The molecule has 1 atom stereocenters. The fraction of sp³-hybridized carbons (Fsp3) is 0.179. The van der Waals surface area contributed by atoms with Crippen molar-refractivity contribution >= 4 is 45.2 Å². The molecule has 1 unspecified atom stereocenters. The van der Waals surface area contributed by atoms with Gasteiger partial charge in [-0.05, 0) is 60.7 Å². The normalized spacial score (nSPS) is 16.7. The number of carbonyl (C=O) groups is 2. The molecule has 7 heteroatoms. The monoisotopic (exact) mass is 545 g/mol. The lowest BCUT2D eigenvalue weighted by Crippen LogP contribution is -2.32. The second kappa shape index (κ2) is 11.4. The first-order chi connectivity index (χ1) is 17.0. The van der Waals surface area contributed by atoms with Gasteiger partial charge in [0.15, 0.2) is 0 Å². The Labute approximate surface area is 218 Å². The molecule has 0 aromatic heterocycles. The van der Waals surface area contributed by atoms with Gasteiger partial charge in [-0.15, -0.1) is 0 Å². The highest BCUT2D eigenvalue weighted by atomic mass is 79.9. The molecule has 0 saturated carbocycles. The summed E-state index contributed by atoms with van der Waals surface area (Å²) < 4.78 is 0.877. The molecule has 1 N–H and O–H groups in total. The maximum atomic E-state index is 13.6. The summed E-state index contributed by atoms with van der Waals surface area (Å²) >= 11 is 4.71. The Balaban J connectivity index is 1.62. The summed E-state index contributed by atoms with van der Waals surface area (Å²) in [7, 11) is 0. The number of amides is 2. The van der Waals surface area contributed by atoms with Gasteiger partial charge in [0.1, 0.15) is 16.7 Å². The van der Waals surface area contributed by atoms with Gasteiger partial charge in [0.05, 0.1) is 5.25 Å². The third kappa shape index (κ3) is 5.84. The molecule has 1 saturated heterocycles. The van der Waals surface area contributed by atoms with Crippen LogP contribution in [0.5, 0.6) is 0 Å². The lowest BCUT2D eigenvalue weighted by molar-refractivity contribution is -0.117. The van der Waals surface area contributed by atoms with Crippen molar-refractivity contribution in [3.05, 3.63) is 111 Å². The van der Waals surface area contributed by atoms with Gasteiger partial charge >= 0.3 is 0 Å². The van der Waals surface area contributed by atoms with Gasteiger partial charge in [-0.25, -0.2) is 0 Å². The zero-order valence-electron chi connectivity index (χ0n) is 19.2. The van der Waals surface area contributed by atoms with E-state index >= 15 is 0 Å². The van der Waals surface area contributed by atoms with E-state index in [0.717, 1.165) is 21.2 Å². The second-order valence-electron chi connectivity index (χ2n) is 8.17. The maximum absolute atomic E-state index is 13.6. The zero-order valence-corrected chi connectivity index (χ0v) is 21.6. The van der Waals surface area contributed by atoms with Gasteiger partial charge in [-0.2, -0.15) is 5.26 Å². The van der Waals surface area contributed by atoms with Crippen molar-refractivity contribution in [3.63, 3.8) is 0 Å². The van der Waals surface area contributed by atoms with E-state index in [1.54, 1.807) is 12.1 Å². The molecule has 2 amide bonds. The third-order valence-electron chi connectivity index (χ3n) is 5.80. The summed E-state index contributed by atoms with van der Waals surface area (Å²) in [5.74, 6) is -0.613. The first-order valence-electron chi connectivity index (χ1n) is 11.2. The minimum atomic E-state index is -0.475. The van der Waals surface area contributed by atoms with E-state index < -0.39 is 11.2 Å². The number of thioether (sulfide) groups is 1. The molecular weight excluding hydrogens is 522 g/mol. The van der Waals surface area contributed by atoms with Crippen LogP contribution in [0, 0.1) is 18.3 Å². The van der Waals surface area contributed by atoms with Crippen molar-refractivity contribution in [2.75, 3.05) is 11.4 Å². The molecule has 0 aliphatic carbocycles. The van der Waals surface area contributed by atoms with Gasteiger partial charge in [-0.1, -0.05) is 82.3 Å². The van der Waals surface area contributed by atoms with Crippen LogP contribution < -0.4 is 10.2 Å². The molecule has 176 valence electrons. The van der Waals surface area contributed by atoms with Crippen molar-refractivity contribution in [2.24, 2.45) is 0 Å². The molecule has 0 radical (unpaired) electrons. The van der Waals surface area contributed by atoms with Gasteiger partial charge in [0.2, 0.25) is 5.91 Å². The van der Waals surface area contributed by atoms with Gasteiger partial charge in [-0.3, -0.25) is 14.5 Å². The SMILES string of the molecule is Cc1ccccc1CC1S/C(=C(/C#N)C(=O)NCCc2ccccc2)N(c2ccc(Br)cc2)C1=O. The Kier molecular flexibility index (Phi) is 8.06. The van der Waals surface area contributed by atoms with Crippen molar-refractivity contribution in [3.8, 4) is 6.07 Å². The summed E-state index contributed by atoms with van der Waals surface area (Å²) in [6.07, 6.45) is 1.17. The minimum absolute atomic E-state index is 0.0494. The smallest absolute Gasteiger partial charge is 0.264 e. The Morgan fingerprint density at radius 3 is 2.43 bits per heavy atom. The van der Waals surface area contributed by atoms with Crippen molar-refractivity contribution < 1.29 is 9.59 Å². The highest BCUT2D eigenvalue weighted by Gasteiger charge is 2.40. The highest BCUT2D eigenvalue weighted by molar-refractivity contribution is 9.10. The van der Waals surface area contributed by atoms with E-state index in [4.69, 9.17) is 0 Å². The van der Waals surface area contributed by atoms with Crippen LogP contribution in [0.25, 0.3) is 0 Å². The Morgan fingerprint density at radius 1 is 1.06 bits per heavy atom. The number of rotatable bonds is 7. The van der Waals surface area contributed by atoms with E-state index in [0.29, 0.717) is 30.1 Å². The number of nitrogens with one attached hydrogen (secondary N) is 1. The molecule has 1 aliphatic heterocycles. The molecule has 4 rings (SSSR count). The molecule has 3 aromatic carbocycles. The van der Waals surface area contributed by atoms with E-state index in [1.807, 2.05) is 73.7 Å². The van der Waals surface area contributed by atoms with Gasteiger partial charge in [0, 0.05) is 16.7 Å². The number of hydrogen-bond acceptors (Lipinski definition) is 4. The predicted octanol–water partition coefficient (Wildman–Crippen LogP) is 5.54.